The average molecular weight is 315 g/mol. The van der Waals surface area contributed by atoms with Crippen molar-refractivity contribution < 1.29 is 0 Å². The number of imidazole rings is 1. The molecular weight excluding hydrogens is 294 g/mol. The molecule has 1 atom stereocenters. The van der Waals surface area contributed by atoms with Crippen molar-refractivity contribution in [1.29, 1.82) is 5.26 Å². The Morgan fingerprint density at radius 3 is 2.12 bits per heavy atom. The van der Waals surface area contributed by atoms with Crippen LogP contribution in [-0.2, 0) is 6.42 Å². The maximum absolute atomic E-state index is 9.36. The van der Waals surface area contributed by atoms with E-state index in [2.05, 4.69) is 48.7 Å². The summed E-state index contributed by atoms with van der Waals surface area (Å²) in [6, 6.07) is 22.9. The summed E-state index contributed by atoms with van der Waals surface area (Å²) in [4.78, 5) is 4.95. The summed E-state index contributed by atoms with van der Waals surface area (Å²) in [6.07, 6.45) is 1.34. The second-order valence-electron chi connectivity index (χ2n) is 5.92. The Balaban J connectivity index is 2.28. The fourth-order valence-electron chi connectivity index (χ4n) is 2.99. The van der Waals surface area contributed by atoms with Crippen molar-refractivity contribution >= 4 is 0 Å². The molecular formula is C21H21N3. The van der Waals surface area contributed by atoms with E-state index in [0.717, 1.165) is 34.8 Å². The van der Waals surface area contributed by atoms with Gasteiger partial charge in [-0.05, 0) is 13.3 Å². The topological polar surface area (TPSA) is 41.6 Å². The van der Waals surface area contributed by atoms with Gasteiger partial charge in [0.25, 0.3) is 0 Å². The SMILES string of the molecule is CCC(C)n1c(-c2ccccc2)nc(-c2ccccc2)c1CC#N. The monoisotopic (exact) mass is 315 g/mol. The first-order valence-electron chi connectivity index (χ1n) is 8.35. The van der Waals surface area contributed by atoms with Gasteiger partial charge in [0, 0.05) is 17.2 Å². The smallest absolute Gasteiger partial charge is 0.141 e. The lowest BCUT2D eigenvalue weighted by Gasteiger charge is -2.17. The van der Waals surface area contributed by atoms with Crippen molar-refractivity contribution in [2.75, 3.05) is 0 Å². The van der Waals surface area contributed by atoms with Gasteiger partial charge in [0.2, 0.25) is 0 Å². The molecule has 0 spiro atoms. The van der Waals surface area contributed by atoms with Crippen LogP contribution in [-0.4, -0.2) is 9.55 Å². The molecule has 0 bridgehead atoms. The Labute approximate surface area is 143 Å². The Bertz CT molecular complexity index is 842. The number of nitriles is 1. The average Bonchev–Trinajstić information content (AvgIpc) is 3.02. The molecule has 120 valence electrons. The van der Waals surface area contributed by atoms with Gasteiger partial charge < -0.3 is 4.57 Å². The van der Waals surface area contributed by atoms with Gasteiger partial charge in [-0.3, -0.25) is 0 Å². The van der Waals surface area contributed by atoms with Crippen LogP contribution in [0.5, 0.6) is 0 Å². The zero-order valence-electron chi connectivity index (χ0n) is 14.1. The van der Waals surface area contributed by atoms with Gasteiger partial charge in [-0.2, -0.15) is 5.26 Å². The Morgan fingerprint density at radius 2 is 1.58 bits per heavy atom. The molecule has 0 aliphatic rings. The van der Waals surface area contributed by atoms with Crippen LogP contribution >= 0.6 is 0 Å². The summed E-state index contributed by atoms with van der Waals surface area (Å²) >= 11 is 0. The number of nitrogens with zero attached hydrogens (tertiary/aromatic N) is 3. The maximum Gasteiger partial charge on any atom is 0.141 e. The van der Waals surface area contributed by atoms with E-state index < -0.39 is 0 Å². The van der Waals surface area contributed by atoms with E-state index in [0.29, 0.717) is 6.42 Å². The molecule has 0 fully saturated rings. The summed E-state index contributed by atoms with van der Waals surface area (Å²) < 4.78 is 2.24. The van der Waals surface area contributed by atoms with Crippen LogP contribution in [0.3, 0.4) is 0 Å². The van der Waals surface area contributed by atoms with Crippen LogP contribution in [0.4, 0.5) is 0 Å². The standard InChI is InChI=1S/C21H21N3/c1-3-16(2)24-19(14-15-22)20(17-10-6-4-7-11-17)23-21(24)18-12-8-5-9-13-18/h4-13,16H,3,14H2,1-2H3. The third kappa shape index (κ3) is 2.96. The summed E-state index contributed by atoms with van der Waals surface area (Å²) in [6.45, 7) is 4.35. The van der Waals surface area contributed by atoms with Crippen molar-refractivity contribution in [2.24, 2.45) is 0 Å². The highest BCUT2D eigenvalue weighted by atomic mass is 15.1. The van der Waals surface area contributed by atoms with Crippen LogP contribution in [0.15, 0.2) is 60.7 Å². The lowest BCUT2D eigenvalue weighted by atomic mass is 10.1. The largest absolute Gasteiger partial charge is 0.324 e. The fraction of sp³-hybridized carbons (Fsp3) is 0.238. The van der Waals surface area contributed by atoms with Crippen molar-refractivity contribution in [3.05, 3.63) is 66.4 Å². The predicted octanol–water partition coefficient (Wildman–Crippen LogP) is 5.25. The molecule has 0 saturated heterocycles. The molecule has 3 rings (SSSR count). The molecule has 2 aromatic carbocycles. The second-order valence-corrected chi connectivity index (χ2v) is 5.92. The lowest BCUT2D eigenvalue weighted by Crippen LogP contribution is -2.10. The van der Waals surface area contributed by atoms with Crippen LogP contribution in [0, 0.1) is 11.3 Å². The molecule has 0 radical (unpaired) electrons. The normalized spacial score (nSPS) is 11.9. The molecule has 24 heavy (non-hydrogen) atoms. The van der Waals surface area contributed by atoms with Crippen molar-refractivity contribution in [1.82, 2.24) is 9.55 Å². The highest BCUT2D eigenvalue weighted by Gasteiger charge is 2.21. The molecule has 1 heterocycles. The van der Waals surface area contributed by atoms with Crippen molar-refractivity contribution in [3.8, 4) is 28.7 Å². The van der Waals surface area contributed by atoms with E-state index in [1.165, 1.54) is 0 Å². The van der Waals surface area contributed by atoms with Crippen LogP contribution < -0.4 is 0 Å². The number of benzene rings is 2. The first-order chi connectivity index (χ1) is 11.8. The molecule has 1 unspecified atom stereocenters. The molecule has 0 aliphatic carbocycles. The van der Waals surface area contributed by atoms with Gasteiger partial charge in [-0.15, -0.1) is 0 Å². The molecule has 0 amide bonds. The Kier molecular flexibility index (Phi) is 4.77. The first-order valence-corrected chi connectivity index (χ1v) is 8.35. The quantitative estimate of drug-likeness (QED) is 0.645. The van der Waals surface area contributed by atoms with E-state index in [-0.39, 0.29) is 6.04 Å². The summed E-state index contributed by atoms with van der Waals surface area (Å²) in [5.74, 6) is 0.939. The third-order valence-electron chi connectivity index (χ3n) is 4.37. The number of rotatable bonds is 5. The van der Waals surface area contributed by atoms with Gasteiger partial charge in [-0.25, -0.2) is 4.98 Å². The van der Waals surface area contributed by atoms with Crippen LogP contribution in [0.2, 0.25) is 0 Å². The minimum absolute atomic E-state index is 0.286. The van der Waals surface area contributed by atoms with E-state index in [4.69, 9.17) is 4.98 Å². The maximum atomic E-state index is 9.36. The van der Waals surface area contributed by atoms with Gasteiger partial charge >= 0.3 is 0 Å². The molecule has 0 aliphatic heterocycles. The molecule has 3 nitrogen and oxygen atoms in total. The number of aromatic nitrogens is 2. The lowest BCUT2D eigenvalue weighted by molar-refractivity contribution is 0.522. The van der Waals surface area contributed by atoms with Gasteiger partial charge in [-0.1, -0.05) is 67.6 Å². The fourth-order valence-corrected chi connectivity index (χ4v) is 2.99. The summed E-state index contributed by atoms with van der Waals surface area (Å²) in [5, 5.41) is 9.36. The van der Waals surface area contributed by atoms with Crippen molar-refractivity contribution in [2.45, 2.75) is 32.7 Å². The summed E-state index contributed by atoms with van der Waals surface area (Å²) in [5.41, 5.74) is 4.05. The zero-order chi connectivity index (χ0) is 16.9. The zero-order valence-corrected chi connectivity index (χ0v) is 14.1. The molecule has 0 N–H and O–H groups in total. The van der Waals surface area contributed by atoms with Gasteiger partial charge in [0.1, 0.15) is 5.82 Å². The molecule has 3 heteroatoms. The Hall–Kier alpha value is -2.86. The summed E-state index contributed by atoms with van der Waals surface area (Å²) in [7, 11) is 0. The number of hydrogen-bond donors (Lipinski definition) is 0. The predicted molar refractivity (Wildman–Crippen MR) is 97.4 cm³/mol. The highest BCUT2D eigenvalue weighted by molar-refractivity contribution is 5.68. The molecule has 0 saturated carbocycles. The van der Waals surface area contributed by atoms with Gasteiger partial charge in [0.15, 0.2) is 0 Å². The highest BCUT2D eigenvalue weighted by Crippen LogP contribution is 2.33. The number of hydrogen-bond acceptors (Lipinski definition) is 2. The van der Waals surface area contributed by atoms with Crippen LogP contribution in [0.25, 0.3) is 22.6 Å². The van der Waals surface area contributed by atoms with E-state index in [1.807, 2.05) is 36.4 Å². The Morgan fingerprint density at radius 1 is 1.00 bits per heavy atom. The van der Waals surface area contributed by atoms with E-state index in [1.54, 1.807) is 0 Å². The minimum atomic E-state index is 0.286. The molecule has 3 aromatic rings. The van der Waals surface area contributed by atoms with Crippen molar-refractivity contribution in [3.63, 3.8) is 0 Å². The van der Waals surface area contributed by atoms with Gasteiger partial charge in [0.05, 0.1) is 23.9 Å². The van der Waals surface area contributed by atoms with E-state index >= 15 is 0 Å². The third-order valence-corrected chi connectivity index (χ3v) is 4.37. The van der Waals surface area contributed by atoms with E-state index in [9.17, 15) is 5.26 Å². The second kappa shape index (κ2) is 7.14. The molecule has 1 aromatic heterocycles. The first kappa shape index (κ1) is 16.0. The van der Waals surface area contributed by atoms with Crippen LogP contribution in [0.1, 0.15) is 32.0 Å². The minimum Gasteiger partial charge on any atom is -0.324 e.